The van der Waals surface area contributed by atoms with Gasteiger partial charge in [-0.25, -0.2) is 9.13 Å². The summed E-state index contributed by atoms with van der Waals surface area (Å²) in [6, 6.07) is 32.4. The summed E-state index contributed by atoms with van der Waals surface area (Å²) >= 11 is 0. The molecule has 4 rings (SSSR count). The lowest BCUT2D eigenvalue weighted by molar-refractivity contribution is -0.677. The molecule has 30 heavy (non-hydrogen) atoms. The van der Waals surface area contributed by atoms with Crippen LogP contribution in [0.25, 0.3) is 0 Å². The number of rotatable bonds is 8. The van der Waals surface area contributed by atoms with E-state index in [2.05, 4.69) is 132 Å². The van der Waals surface area contributed by atoms with Crippen LogP contribution in [0.2, 0.25) is 0 Å². The molecule has 3 aromatic carbocycles. The summed E-state index contributed by atoms with van der Waals surface area (Å²) in [6.07, 6.45) is 5.32. The second-order valence-electron chi connectivity index (χ2n) is 7.78. The molecule has 0 saturated carbocycles. The van der Waals surface area contributed by atoms with Gasteiger partial charge in [-0.3, -0.25) is 5.32 Å². The first-order valence-electron chi connectivity index (χ1n) is 10.6. The predicted molar refractivity (Wildman–Crippen MR) is 122 cm³/mol. The molecule has 0 fully saturated rings. The van der Waals surface area contributed by atoms with Crippen molar-refractivity contribution in [1.82, 2.24) is 9.88 Å². The van der Waals surface area contributed by atoms with E-state index in [9.17, 15) is 0 Å². The zero-order valence-corrected chi connectivity index (χ0v) is 17.8. The topological polar surface area (TPSA) is 20.8 Å². The van der Waals surface area contributed by atoms with Crippen molar-refractivity contribution in [1.29, 1.82) is 0 Å². The third kappa shape index (κ3) is 3.94. The minimum atomic E-state index is -0.389. The average molecular weight is 397 g/mol. The van der Waals surface area contributed by atoms with Crippen LogP contribution >= 0.6 is 0 Å². The van der Waals surface area contributed by atoms with Gasteiger partial charge < -0.3 is 0 Å². The van der Waals surface area contributed by atoms with Gasteiger partial charge in [-0.15, -0.1) is 0 Å². The van der Waals surface area contributed by atoms with Crippen LogP contribution in [0.5, 0.6) is 0 Å². The number of imidazole rings is 1. The molecule has 0 aliphatic carbocycles. The molecule has 0 atom stereocenters. The number of aryl methyl sites for hydroxylation is 2. The van der Waals surface area contributed by atoms with E-state index in [0.29, 0.717) is 0 Å². The summed E-state index contributed by atoms with van der Waals surface area (Å²) < 4.78 is 4.48. The van der Waals surface area contributed by atoms with Crippen LogP contribution in [0.4, 0.5) is 0 Å². The van der Waals surface area contributed by atoms with Crippen molar-refractivity contribution < 1.29 is 4.57 Å². The van der Waals surface area contributed by atoms with Crippen molar-refractivity contribution in [3.05, 3.63) is 126 Å². The maximum Gasteiger partial charge on any atom is 0.253 e. The quantitative estimate of drug-likeness (QED) is 0.262. The van der Waals surface area contributed by atoms with E-state index >= 15 is 0 Å². The Morgan fingerprint density at radius 2 is 1.23 bits per heavy atom. The van der Waals surface area contributed by atoms with E-state index in [0.717, 1.165) is 19.5 Å². The van der Waals surface area contributed by atoms with Crippen LogP contribution in [-0.4, -0.2) is 11.1 Å². The summed E-state index contributed by atoms with van der Waals surface area (Å²) in [7, 11) is 2.09. The molecule has 3 heteroatoms. The fraction of sp³-hybridized carbons (Fsp3) is 0.222. The molecular formula is C27H30N3+. The monoisotopic (exact) mass is 396 g/mol. The van der Waals surface area contributed by atoms with E-state index < -0.39 is 0 Å². The van der Waals surface area contributed by atoms with Gasteiger partial charge >= 0.3 is 0 Å². The minimum absolute atomic E-state index is 0.389. The maximum atomic E-state index is 3.96. The number of aromatic nitrogens is 2. The Morgan fingerprint density at radius 1 is 0.767 bits per heavy atom. The van der Waals surface area contributed by atoms with Gasteiger partial charge in [0.05, 0.1) is 19.1 Å². The van der Waals surface area contributed by atoms with Crippen LogP contribution in [0.15, 0.2) is 103 Å². The summed E-state index contributed by atoms with van der Waals surface area (Å²) in [5.74, 6) is 1.27. The molecule has 0 unspecified atom stereocenters. The lowest BCUT2D eigenvalue weighted by Crippen LogP contribution is -2.45. The van der Waals surface area contributed by atoms with E-state index in [1.165, 1.54) is 22.5 Å². The van der Waals surface area contributed by atoms with E-state index in [1.807, 2.05) is 0 Å². The standard InChI is InChI=1S/C27H30N3/c1-23-29(2)21-22-30(23)20-12-19-28-27(24-13-6-3-7-14-24,25-15-8-4-9-16-25)26-17-10-5-11-18-26/h3-11,13-18,21-22,28H,12,19-20H2,1-2H3/q+1. The predicted octanol–water partition coefficient (Wildman–Crippen LogP) is 4.59. The van der Waals surface area contributed by atoms with Crippen molar-refractivity contribution in [2.24, 2.45) is 7.05 Å². The highest BCUT2D eigenvalue weighted by molar-refractivity contribution is 5.49. The van der Waals surface area contributed by atoms with Gasteiger partial charge in [0.15, 0.2) is 0 Å². The molecule has 0 saturated heterocycles. The Kier molecular flexibility index (Phi) is 6.10. The number of hydrogen-bond acceptors (Lipinski definition) is 1. The highest BCUT2D eigenvalue weighted by Crippen LogP contribution is 2.36. The molecule has 1 aromatic heterocycles. The van der Waals surface area contributed by atoms with E-state index in [-0.39, 0.29) is 5.54 Å². The summed E-state index contributed by atoms with van der Waals surface area (Å²) in [5.41, 5.74) is 3.38. The Bertz CT molecular complexity index is 957. The van der Waals surface area contributed by atoms with Crippen LogP contribution in [0, 0.1) is 6.92 Å². The van der Waals surface area contributed by atoms with Gasteiger partial charge in [0.2, 0.25) is 0 Å². The van der Waals surface area contributed by atoms with Crippen molar-refractivity contribution in [2.45, 2.75) is 25.4 Å². The number of hydrogen-bond donors (Lipinski definition) is 1. The molecule has 152 valence electrons. The highest BCUT2D eigenvalue weighted by Gasteiger charge is 2.35. The average Bonchev–Trinajstić information content (AvgIpc) is 3.13. The molecule has 0 aliphatic rings. The van der Waals surface area contributed by atoms with E-state index in [1.54, 1.807) is 0 Å². The Labute approximate surface area is 179 Å². The molecule has 1 heterocycles. The second kappa shape index (κ2) is 9.10. The molecule has 1 N–H and O–H groups in total. The first-order chi connectivity index (χ1) is 14.7. The molecule has 0 radical (unpaired) electrons. The fourth-order valence-corrected chi connectivity index (χ4v) is 4.23. The smallest absolute Gasteiger partial charge is 0.253 e. The Balaban J connectivity index is 1.68. The van der Waals surface area contributed by atoms with Crippen molar-refractivity contribution in [3.8, 4) is 0 Å². The molecule has 0 bridgehead atoms. The van der Waals surface area contributed by atoms with E-state index in [4.69, 9.17) is 0 Å². The fourth-order valence-electron chi connectivity index (χ4n) is 4.23. The normalized spacial score (nSPS) is 11.5. The minimum Gasteiger partial charge on any atom is -0.300 e. The van der Waals surface area contributed by atoms with Crippen molar-refractivity contribution in [2.75, 3.05) is 6.54 Å². The zero-order valence-electron chi connectivity index (χ0n) is 17.8. The summed E-state index contributed by atoms with van der Waals surface area (Å²) in [4.78, 5) is 0. The Morgan fingerprint density at radius 3 is 1.63 bits per heavy atom. The second-order valence-corrected chi connectivity index (χ2v) is 7.78. The van der Waals surface area contributed by atoms with Gasteiger partial charge in [-0.05, 0) is 23.1 Å². The molecule has 0 spiro atoms. The van der Waals surface area contributed by atoms with Gasteiger partial charge in [0.25, 0.3) is 5.82 Å². The number of benzene rings is 3. The molecule has 0 amide bonds. The van der Waals surface area contributed by atoms with Crippen LogP contribution in [0.3, 0.4) is 0 Å². The van der Waals surface area contributed by atoms with Gasteiger partial charge in [-0.2, -0.15) is 0 Å². The lowest BCUT2D eigenvalue weighted by atomic mass is 9.77. The van der Waals surface area contributed by atoms with Crippen molar-refractivity contribution >= 4 is 0 Å². The Hall–Kier alpha value is -3.17. The third-order valence-electron chi connectivity index (χ3n) is 5.98. The van der Waals surface area contributed by atoms with Gasteiger partial charge in [0.1, 0.15) is 12.4 Å². The summed E-state index contributed by atoms with van der Waals surface area (Å²) in [6.45, 7) is 4.06. The first kappa shape index (κ1) is 20.1. The van der Waals surface area contributed by atoms with Crippen LogP contribution in [0.1, 0.15) is 28.9 Å². The SMILES string of the molecule is Cc1n(CCCNC(c2ccccc2)(c2ccccc2)c2ccccc2)cc[n+]1C. The zero-order chi connectivity index (χ0) is 20.8. The largest absolute Gasteiger partial charge is 0.300 e. The molecule has 0 aliphatic heterocycles. The van der Waals surface area contributed by atoms with Crippen LogP contribution < -0.4 is 9.88 Å². The number of nitrogens with one attached hydrogen (secondary N) is 1. The maximum absolute atomic E-state index is 3.96. The first-order valence-corrected chi connectivity index (χ1v) is 10.6. The molecule has 4 aromatic rings. The molecular weight excluding hydrogens is 366 g/mol. The highest BCUT2D eigenvalue weighted by atomic mass is 15.1. The van der Waals surface area contributed by atoms with Crippen LogP contribution in [-0.2, 0) is 19.1 Å². The summed E-state index contributed by atoms with van der Waals surface area (Å²) in [5, 5.41) is 3.96. The molecule has 3 nitrogen and oxygen atoms in total. The number of nitrogens with zero attached hydrogens (tertiary/aromatic N) is 2. The lowest BCUT2D eigenvalue weighted by Gasteiger charge is -2.37. The van der Waals surface area contributed by atoms with Gasteiger partial charge in [-0.1, -0.05) is 91.0 Å². The third-order valence-corrected chi connectivity index (χ3v) is 5.98. The van der Waals surface area contributed by atoms with Gasteiger partial charge in [0, 0.05) is 13.5 Å². The van der Waals surface area contributed by atoms with Crippen molar-refractivity contribution in [3.63, 3.8) is 0 Å².